The Bertz CT molecular complexity index is 776. The number of nitrogens with zero attached hydrogens (tertiary/aromatic N) is 4. The van der Waals surface area contributed by atoms with Crippen LogP contribution in [-0.2, 0) is 4.74 Å². The molecule has 8 heteroatoms. The number of amides is 2. The Labute approximate surface area is 171 Å². The summed E-state index contributed by atoms with van der Waals surface area (Å²) in [5, 5.41) is 7.30. The second-order valence-electron chi connectivity index (χ2n) is 7.57. The van der Waals surface area contributed by atoms with Gasteiger partial charge in [0, 0.05) is 38.3 Å². The van der Waals surface area contributed by atoms with E-state index in [0.29, 0.717) is 24.8 Å². The topological polar surface area (TPSA) is 83.7 Å². The van der Waals surface area contributed by atoms with Gasteiger partial charge in [0.15, 0.2) is 5.82 Å². The molecule has 2 amide bonds. The lowest BCUT2D eigenvalue weighted by Gasteiger charge is -2.29. The van der Waals surface area contributed by atoms with Crippen molar-refractivity contribution in [3.05, 3.63) is 36.2 Å². The second kappa shape index (κ2) is 9.84. The summed E-state index contributed by atoms with van der Waals surface area (Å²) in [5.74, 6) is 1.09. The molecule has 0 radical (unpaired) electrons. The lowest BCUT2D eigenvalue weighted by atomic mass is 10.1. The maximum absolute atomic E-state index is 12.9. The number of carbonyl (C=O) groups is 1. The highest BCUT2D eigenvalue weighted by Gasteiger charge is 2.30. The summed E-state index contributed by atoms with van der Waals surface area (Å²) >= 11 is 0. The normalized spacial score (nSPS) is 21.0. The minimum atomic E-state index is -0.151. The van der Waals surface area contributed by atoms with Crippen LogP contribution >= 0.6 is 0 Å². The van der Waals surface area contributed by atoms with Crippen LogP contribution in [0.3, 0.4) is 0 Å². The molecule has 29 heavy (non-hydrogen) atoms. The number of benzene rings is 1. The van der Waals surface area contributed by atoms with Gasteiger partial charge in [-0.2, -0.15) is 4.98 Å². The number of rotatable bonds is 5. The molecule has 1 aromatic carbocycles. The third-order valence-corrected chi connectivity index (χ3v) is 5.58. The third kappa shape index (κ3) is 5.13. The zero-order valence-electron chi connectivity index (χ0n) is 16.8. The summed E-state index contributed by atoms with van der Waals surface area (Å²) in [7, 11) is 0. The maximum atomic E-state index is 12.9. The summed E-state index contributed by atoms with van der Waals surface area (Å²) < 4.78 is 10.9. The lowest BCUT2D eigenvalue weighted by Crippen LogP contribution is -2.46. The van der Waals surface area contributed by atoms with E-state index in [1.807, 2.05) is 35.2 Å². The quantitative estimate of drug-likeness (QED) is 0.832. The van der Waals surface area contributed by atoms with Crippen LogP contribution in [0.15, 0.2) is 34.9 Å². The standard InChI is InChI=1S/C21H29N5O3/c27-21(22-10-12-25-13-15-28-16-14-25)26-11-6-2-5-9-18(26)19-23-20(29-24-19)17-7-3-1-4-8-17/h1,3-4,7-8,18H,2,5-6,9-16H2,(H,22,27). The molecule has 2 saturated heterocycles. The van der Waals surface area contributed by atoms with Crippen LogP contribution in [0.2, 0.25) is 0 Å². The number of aromatic nitrogens is 2. The van der Waals surface area contributed by atoms with Gasteiger partial charge >= 0.3 is 6.03 Å². The first-order valence-electron chi connectivity index (χ1n) is 10.5. The SMILES string of the molecule is O=C(NCCN1CCOCC1)N1CCCCCC1c1noc(-c2ccccc2)n1. The van der Waals surface area contributed by atoms with Gasteiger partial charge in [0.25, 0.3) is 5.89 Å². The highest BCUT2D eigenvalue weighted by Crippen LogP contribution is 2.30. The van der Waals surface area contributed by atoms with E-state index in [-0.39, 0.29) is 12.1 Å². The Hall–Kier alpha value is -2.45. The van der Waals surface area contributed by atoms with E-state index in [4.69, 9.17) is 9.26 Å². The van der Waals surface area contributed by atoms with Crippen LogP contribution in [0.1, 0.15) is 37.5 Å². The largest absolute Gasteiger partial charge is 0.379 e. The second-order valence-corrected chi connectivity index (χ2v) is 7.57. The highest BCUT2D eigenvalue weighted by atomic mass is 16.5. The minimum Gasteiger partial charge on any atom is -0.379 e. The predicted octanol–water partition coefficient (Wildman–Crippen LogP) is 2.70. The van der Waals surface area contributed by atoms with E-state index in [9.17, 15) is 4.79 Å². The van der Waals surface area contributed by atoms with Gasteiger partial charge in [0.05, 0.1) is 19.3 Å². The van der Waals surface area contributed by atoms with Gasteiger partial charge in [-0.05, 0) is 25.0 Å². The third-order valence-electron chi connectivity index (χ3n) is 5.58. The summed E-state index contributed by atoms with van der Waals surface area (Å²) in [6, 6.07) is 9.53. The molecule has 0 saturated carbocycles. The van der Waals surface area contributed by atoms with E-state index in [1.165, 1.54) is 0 Å². The van der Waals surface area contributed by atoms with Crippen LogP contribution in [0.4, 0.5) is 4.79 Å². The molecule has 2 aliphatic heterocycles. The molecular formula is C21H29N5O3. The van der Waals surface area contributed by atoms with Crippen molar-refractivity contribution in [3.8, 4) is 11.5 Å². The van der Waals surface area contributed by atoms with Crippen molar-refractivity contribution in [2.45, 2.75) is 31.7 Å². The molecule has 3 heterocycles. The monoisotopic (exact) mass is 399 g/mol. The van der Waals surface area contributed by atoms with Crippen LogP contribution in [0.25, 0.3) is 11.5 Å². The molecule has 156 valence electrons. The van der Waals surface area contributed by atoms with Crippen molar-refractivity contribution < 1.29 is 14.1 Å². The van der Waals surface area contributed by atoms with Crippen molar-refractivity contribution in [3.63, 3.8) is 0 Å². The maximum Gasteiger partial charge on any atom is 0.318 e. The zero-order chi connectivity index (χ0) is 19.9. The molecule has 2 fully saturated rings. The number of ether oxygens (including phenoxy) is 1. The van der Waals surface area contributed by atoms with E-state index < -0.39 is 0 Å². The van der Waals surface area contributed by atoms with Crippen molar-refractivity contribution in [1.82, 2.24) is 25.3 Å². The molecule has 2 aromatic rings. The fourth-order valence-corrected chi connectivity index (χ4v) is 3.94. The van der Waals surface area contributed by atoms with Gasteiger partial charge in [0.2, 0.25) is 0 Å². The van der Waals surface area contributed by atoms with Gasteiger partial charge in [-0.1, -0.05) is 36.2 Å². The molecule has 2 aliphatic rings. The van der Waals surface area contributed by atoms with E-state index in [1.54, 1.807) is 0 Å². The Morgan fingerprint density at radius 1 is 1.10 bits per heavy atom. The lowest BCUT2D eigenvalue weighted by molar-refractivity contribution is 0.0385. The molecule has 0 bridgehead atoms. The molecule has 8 nitrogen and oxygen atoms in total. The first-order valence-corrected chi connectivity index (χ1v) is 10.5. The number of hydrogen-bond donors (Lipinski definition) is 1. The molecule has 1 atom stereocenters. The summed E-state index contributed by atoms with van der Waals surface area (Å²) in [4.78, 5) is 21.7. The van der Waals surface area contributed by atoms with Gasteiger partial charge in [0.1, 0.15) is 0 Å². The van der Waals surface area contributed by atoms with Gasteiger partial charge in [-0.15, -0.1) is 0 Å². The smallest absolute Gasteiger partial charge is 0.318 e. The summed E-state index contributed by atoms with van der Waals surface area (Å²) in [5.41, 5.74) is 0.890. The highest BCUT2D eigenvalue weighted by molar-refractivity contribution is 5.74. The Morgan fingerprint density at radius 2 is 1.93 bits per heavy atom. The fraction of sp³-hybridized carbons (Fsp3) is 0.571. The summed E-state index contributed by atoms with van der Waals surface area (Å²) in [6.45, 7) is 5.56. The Morgan fingerprint density at radius 3 is 2.76 bits per heavy atom. The van der Waals surface area contributed by atoms with Crippen LogP contribution in [-0.4, -0.2) is 71.9 Å². The summed E-state index contributed by atoms with van der Waals surface area (Å²) in [6.07, 6.45) is 4.01. The van der Waals surface area contributed by atoms with Gasteiger partial charge in [-0.3, -0.25) is 4.90 Å². The van der Waals surface area contributed by atoms with Crippen LogP contribution in [0.5, 0.6) is 0 Å². The minimum absolute atomic E-state index is 0.0452. The van der Waals surface area contributed by atoms with E-state index in [2.05, 4.69) is 20.4 Å². The number of likely N-dealkylation sites (tertiary alicyclic amines) is 1. The fourth-order valence-electron chi connectivity index (χ4n) is 3.94. The van der Waals surface area contributed by atoms with Crippen molar-refractivity contribution >= 4 is 6.03 Å². The number of morpholine rings is 1. The Kier molecular flexibility index (Phi) is 6.74. The number of hydrogen-bond acceptors (Lipinski definition) is 6. The van der Waals surface area contributed by atoms with Crippen molar-refractivity contribution in [1.29, 1.82) is 0 Å². The molecular weight excluding hydrogens is 370 g/mol. The van der Waals surface area contributed by atoms with Crippen molar-refractivity contribution in [2.24, 2.45) is 0 Å². The van der Waals surface area contributed by atoms with Gasteiger partial charge < -0.3 is 19.5 Å². The average Bonchev–Trinajstić information content (AvgIpc) is 3.13. The average molecular weight is 399 g/mol. The van der Waals surface area contributed by atoms with Crippen molar-refractivity contribution in [2.75, 3.05) is 45.9 Å². The molecule has 0 aliphatic carbocycles. The molecule has 0 spiro atoms. The number of urea groups is 1. The Balaban J connectivity index is 1.40. The van der Waals surface area contributed by atoms with E-state index >= 15 is 0 Å². The first-order chi connectivity index (χ1) is 14.3. The molecule has 1 N–H and O–H groups in total. The molecule has 4 rings (SSSR count). The number of nitrogens with one attached hydrogen (secondary N) is 1. The predicted molar refractivity (Wildman–Crippen MR) is 108 cm³/mol. The molecule has 1 aromatic heterocycles. The number of carbonyl (C=O) groups excluding carboxylic acids is 1. The zero-order valence-corrected chi connectivity index (χ0v) is 16.8. The molecule has 1 unspecified atom stereocenters. The van der Waals surface area contributed by atoms with Crippen LogP contribution in [0, 0.1) is 0 Å². The van der Waals surface area contributed by atoms with Crippen LogP contribution < -0.4 is 5.32 Å². The van der Waals surface area contributed by atoms with E-state index in [0.717, 1.165) is 64.1 Å². The first kappa shape index (κ1) is 19.8. The van der Waals surface area contributed by atoms with Gasteiger partial charge in [-0.25, -0.2) is 4.79 Å².